The molecular weight excluding hydrogens is 340 g/mol. The van der Waals surface area contributed by atoms with Crippen molar-refractivity contribution < 1.29 is 4.79 Å². The van der Waals surface area contributed by atoms with Crippen LogP contribution in [0.25, 0.3) is 10.9 Å². The number of anilines is 1. The molecule has 0 aliphatic carbocycles. The van der Waals surface area contributed by atoms with E-state index in [4.69, 9.17) is 17.3 Å². The van der Waals surface area contributed by atoms with Crippen LogP contribution in [0.3, 0.4) is 0 Å². The van der Waals surface area contributed by atoms with E-state index in [-0.39, 0.29) is 5.78 Å². The largest absolute Gasteiger partial charge is 0.398 e. The molecule has 3 rings (SSSR count). The molecule has 0 amide bonds. The van der Waals surface area contributed by atoms with E-state index >= 15 is 0 Å². The first-order valence-corrected chi connectivity index (χ1v) is 7.10. The second kappa shape index (κ2) is 4.96. The molecule has 5 heteroatoms. The fourth-order valence-corrected chi connectivity index (χ4v) is 2.77. The molecule has 0 aliphatic rings. The van der Waals surface area contributed by atoms with E-state index < -0.39 is 0 Å². The van der Waals surface area contributed by atoms with E-state index in [1.54, 1.807) is 36.5 Å². The van der Waals surface area contributed by atoms with E-state index in [9.17, 15) is 4.79 Å². The maximum Gasteiger partial charge on any atom is 0.196 e. The van der Waals surface area contributed by atoms with Crippen molar-refractivity contribution in [1.29, 1.82) is 0 Å². The number of aromatic amines is 1. The summed E-state index contributed by atoms with van der Waals surface area (Å²) in [6.07, 6.45) is 1.69. The highest BCUT2D eigenvalue weighted by molar-refractivity contribution is 9.10. The van der Waals surface area contributed by atoms with Gasteiger partial charge < -0.3 is 10.7 Å². The minimum atomic E-state index is -0.0994. The van der Waals surface area contributed by atoms with E-state index in [2.05, 4.69) is 20.9 Å². The van der Waals surface area contributed by atoms with Crippen LogP contribution in [-0.4, -0.2) is 10.8 Å². The minimum absolute atomic E-state index is 0.0994. The van der Waals surface area contributed by atoms with Crippen molar-refractivity contribution in [3.8, 4) is 0 Å². The number of carbonyl (C=O) groups excluding carboxylic acids is 1. The van der Waals surface area contributed by atoms with Crippen molar-refractivity contribution in [3.63, 3.8) is 0 Å². The van der Waals surface area contributed by atoms with Crippen molar-refractivity contribution in [2.24, 2.45) is 0 Å². The Labute approximate surface area is 128 Å². The molecule has 0 fully saturated rings. The van der Waals surface area contributed by atoms with Gasteiger partial charge in [0.1, 0.15) is 0 Å². The van der Waals surface area contributed by atoms with E-state index in [1.807, 2.05) is 6.07 Å². The number of nitrogen functional groups attached to an aromatic ring is 1. The summed E-state index contributed by atoms with van der Waals surface area (Å²) >= 11 is 9.36. The number of hydrogen-bond donors (Lipinski definition) is 2. The van der Waals surface area contributed by atoms with Gasteiger partial charge in [-0.3, -0.25) is 4.79 Å². The lowest BCUT2D eigenvalue weighted by Crippen LogP contribution is -2.03. The number of aromatic nitrogens is 1. The number of nitrogens with one attached hydrogen (secondary N) is 1. The van der Waals surface area contributed by atoms with Gasteiger partial charge in [-0.1, -0.05) is 17.7 Å². The summed E-state index contributed by atoms with van der Waals surface area (Å²) in [5.74, 6) is -0.0994. The summed E-state index contributed by atoms with van der Waals surface area (Å²) in [5.41, 5.74) is 8.34. The molecule has 0 saturated heterocycles. The molecule has 3 N–H and O–H groups in total. The summed E-state index contributed by atoms with van der Waals surface area (Å²) in [5, 5.41) is 1.40. The third-order valence-electron chi connectivity index (χ3n) is 3.16. The Hall–Kier alpha value is -1.78. The maximum absolute atomic E-state index is 12.7. The highest BCUT2D eigenvalue weighted by Gasteiger charge is 2.17. The van der Waals surface area contributed by atoms with Crippen LogP contribution in [0.5, 0.6) is 0 Å². The Morgan fingerprint density at radius 3 is 2.80 bits per heavy atom. The molecule has 0 atom stereocenters. The zero-order valence-corrected chi connectivity index (χ0v) is 12.6. The summed E-state index contributed by atoms with van der Waals surface area (Å²) in [7, 11) is 0. The Bertz CT molecular complexity index is 826. The van der Waals surface area contributed by atoms with Crippen LogP contribution < -0.4 is 5.73 Å². The predicted octanol–water partition coefficient (Wildman–Crippen LogP) is 4.40. The fraction of sp³-hybridized carbons (Fsp3) is 0. The van der Waals surface area contributed by atoms with Crippen molar-refractivity contribution in [1.82, 2.24) is 4.98 Å². The number of rotatable bonds is 2. The van der Waals surface area contributed by atoms with Crippen LogP contribution in [0, 0.1) is 0 Å². The van der Waals surface area contributed by atoms with Gasteiger partial charge in [-0.05, 0) is 46.3 Å². The van der Waals surface area contributed by atoms with Gasteiger partial charge in [-0.25, -0.2) is 0 Å². The lowest BCUT2D eigenvalue weighted by molar-refractivity contribution is 0.103. The molecular formula is C15H10BrClN2O. The summed E-state index contributed by atoms with van der Waals surface area (Å²) < 4.78 is 0.612. The van der Waals surface area contributed by atoms with Crippen molar-refractivity contribution in [3.05, 3.63) is 63.2 Å². The molecule has 2 aromatic carbocycles. The quantitative estimate of drug-likeness (QED) is 0.532. The molecule has 1 heterocycles. The first kappa shape index (κ1) is 13.2. The molecule has 100 valence electrons. The smallest absolute Gasteiger partial charge is 0.196 e. The second-order valence-electron chi connectivity index (χ2n) is 4.43. The molecule has 0 spiro atoms. The number of ketones is 1. The van der Waals surface area contributed by atoms with Crippen LogP contribution in [0.4, 0.5) is 5.69 Å². The summed E-state index contributed by atoms with van der Waals surface area (Å²) in [4.78, 5) is 15.7. The van der Waals surface area contributed by atoms with Gasteiger partial charge in [0.15, 0.2) is 5.78 Å². The molecule has 0 unspecified atom stereocenters. The summed E-state index contributed by atoms with van der Waals surface area (Å²) in [6, 6.07) is 10.7. The molecule has 0 aliphatic heterocycles. The maximum atomic E-state index is 12.7. The van der Waals surface area contributed by atoms with Crippen LogP contribution in [-0.2, 0) is 0 Å². The normalized spacial score (nSPS) is 10.9. The van der Waals surface area contributed by atoms with Crippen molar-refractivity contribution in [2.45, 2.75) is 0 Å². The third kappa shape index (κ3) is 2.11. The number of nitrogens with two attached hydrogens (primary N) is 1. The molecule has 0 radical (unpaired) electrons. The molecule has 0 bridgehead atoms. The van der Waals surface area contributed by atoms with Gasteiger partial charge >= 0.3 is 0 Å². The average Bonchev–Trinajstić information content (AvgIpc) is 2.84. The van der Waals surface area contributed by atoms with Crippen LogP contribution >= 0.6 is 27.5 Å². The van der Waals surface area contributed by atoms with Gasteiger partial charge in [-0.15, -0.1) is 0 Å². The minimum Gasteiger partial charge on any atom is -0.398 e. The highest BCUT2D eigenvalue weighted by Crippen LogP contribution is 2.29. The average molecular weight is 350 g/mol. The molecule has 0 saturated carbocycles. The van der Waals surface area contributed by atoms with E-state index in [0.717, 1.165) is 10.9 Å². The molecule has 3 nitrogen and oxygen atoms in total. The second-order valence-corrected chi connectivity index (χ2v) is 5.66. The summed E-state index contributed by atoms with van der Waals surface area (Å²) in [6.45, 7) is 0. The van der Waals surface area contributed by atoms with Crippen molar-refractivity contribution in [2.75, 3.05) is 5.73 Å². The number of fused-ring (bicyclic) bond motifs is 1. The zero-order chi connectivity index (χ0) is 14.3. The standard InChI is InChI=1S/C15H10BrClN2O/c16-14-9(2-1-3-12(14)18)15(20)11-7-19-13-5-4-8(17)6-10(11)13/h1-7,19H,18H2. The number of benzene rings is 2. The predicted molar refractivity (Wildman–Crippen MR) is 85.3 cm³/mol. The SMILES string of the molecule is Nc1cccc(C(=O)c2c[nH]c3ccc(Cl)cc23)c1Br. The van der Waals surface area contributed by atoms with Crippen LogP contribution in [0.1, 0.15) is 15.9 Å². The number of hydrogen-bond acceptors (Lipinski definition) is 2. The highest BCUT2D eigenvalue weighted by atomic mass is 79.9. The molecule has 20 heavy (non-hydrogen) atoms. The van der Waals surface area contributed by atoms with Crippen LogP contribution in [0.2, 0.25) is 5.02 Å². The Morgan fingerprint density at radius 2 is 2.00 bits per heavy atom. The molecule has 3 aromatic rings. The topological polar surface area (TPSA) is 58.9 Å². The monoisotopic (exact) mass is 348 g/mol. The first-order chi connectivity index (χ1) is 9.58. The van der Waals surface area contributed by atoms with Gasteiger partial charge in [0.25, 0.3) is 0 Å². The van der Waals surface area contributed by atoms with Gasteiger partial charge in [0.05, 0.1) is 4.47 Å². The van der Waals surface area contributed by atoms with Gasteiger partial charge in [-0.2, -0.15) is 0 Å². The van der Waals surface area contributed by atoms with Gasteiger partial charge in [0.2, 0.25) is 0 Å². The number of halogens is 2. The lowest BCUT2D eigenvalue weighted by Gasteiger charge is -2.05. The zero-order valence-electron chi connectivity index (χ0n) is 10.3. The van der Waals surface area contributed by atoms with E-state index in [1.165, 1.54) is 0 Å². The van der Waals surface area contributed by atoms with Gasteiger partial charge in [0, 0.05) is 38.9 Å². The van der Waals surface area contributed by atoms with Crippen molar-refractivity contribution >= 4 is 49.9 Å². The Kier molecular flexibility index (Phi) is 3.28. The third-order valence-corrected chi connectivity index (χ3v) is 4.28. The Balaban J connectivity index is 2.18. The molecule has 1 aromatic heterocycles. The number of H-pyrrole nitrogens is 1. The number of carbonyl (C=O) groups is 1. The van der Waals surface area contributed by atoms with Crippen LogP contribution in [0.15, 0.2) is 47.1 Å². The fourth-order valence-electron chi connectivity index (χ4n) is 2.15. The Morgan fingerprint density at radius 1 is 1.20 bits per heavy atom. The lowest BCUT2D eigenvalue weighted by atomic mass is 10.0. The van der Waals surface area contributed by atoms with E-state index in [0.29, 0.717) is 26.3 Å². The first-order valence-electron chi connectivity index (χ1n) is 5.93.